The maximum absolute atomic E-state index is 11.8. The Morgan fingerprint density at radius 3 is 2.12 bits per heavy atom. The highest BCUT2D eigenvalue weighted by atomic mass is 16.5. The van der Waals surface area contributed by atoms with Crippen LogP contribution < -0.4 is 24.0 Å². The molecule has 11 heteroatoms. The molecule has 5 aromatic rings. The molecule has 1 N–H and O–H groups in total. The summed E-state index contributed by atoms with van der Waals surface area (Å²) in [5, 5.41) is 16.5. The first kappa shape index (κ1) is 34.0. The van der Waals surface area contributed by atoms with E-state index in [2.05, 4.69) is 30.6 Å². The van der Waals surface area contributed by atoms with Gasteiger partial charge in [-0.25, -0.2) is 14.5 Å². The Balaban J connectivity index is 1.39. The number of unbranched alkanes of at least 4 members (excludes halogenated alkanes) is 1. The van der Waals surface area contributed by atoms with Crippen LogP contribution in [0.4, 0.5) is 11.6 Å². The second-order valence-electron chi connectivity index (χ2n) is 12.9. The van der Waals surface area contributed by atoms with Crippen molar-refractivity contribution in [2.75, 3.05) is 43.7 Å². The summed E-state index contributed by atoms with van der Waals surface area (Å²) in [4.78, 5) is 19.0. The molecule has 11 nitrogen and oxygen atoms in total. The lowest BCUT2D eigenvalue weighted by Crippen LogP contribution is -2.34. The summed E-state index contributed by atoms with van der Waals surface area (Å²) in [6.45, 7) is 10.00. The number of aryl methyl sites for hydroxylation is 1. The van der Waals surface area contributed by atoms with Crippen molar-refractivity contribution in [1.82, 2.24) is 24.6 Å². The minimum absolute atomic E-state index is 0.223. The highest BCUT2D eigenvalue weighted by molar-refractivity contribution is 5.65. The summed E-state index contributed by atoms with van der Waals surface area (Å²) in [5.74, 6) is 3.88. The van der Waals surface area contributed by atoms with Crippen molar-refractivity contribution in [2.24, 2.45) is 5.92 Å². The zero-order valence-corrected chi connectivity index (χ0v) is 29.2. The van der Waals surface area contributed by atoms with Crippen LogP contribution >= 0.6 is 0 Å². The minimum Gasteiger partial charge on any atom is -0.497 e. The van der Waals surface area contributed by atoms with Crippen molar-refractivity contribution in [3.63, 3.8) is 0 Å². The fourth-order valence-corrected chi connectivity index (χ4v) is 6.20. The molecule has 1 atom stereocenters. The highest BCUT2D eigenvalue weighted by Gasteiger charge is 2.25. The molecular formula is C38H47N7O4. The highest BCUT2D eigenvalue weighted by Crippen LogP contribution is 2.32. The minimum atomic E-state index is -1.01. The molecule has 0 saturated carbocycles. The Morgan fingerprint density at radius 2 is 1.55 bits per heavy atom. The second kappa shape index (κ2) is 15.5. The number of rotatable bonds is 14. The molecule has 4 heterocycles. The Hall–Kier alpha value is -4.90. The first-order chi connectivity index (χ1) is 23.9. The van der Waals surface area contributed by atoms with Gasteiger partial charge in [0, 0.05) is 37.9 Å². The van der Waals surface area contributed by atoms with Crippen LogP contribution in [0, 0.1) is 12.8 Å². The first-order valence-corrected chi connectivity index (χ1v) is 17.2. The van der Waals surface area contributed by atoms with Crippen molar-refractivity contribution in [1.29, 1.82) is 0 Å². The number of aliphatic hydroxyl groups is 1. The van der Waals surface area contributed by atoms with Crippen molar-refractivity contribution >= 4 is 17.3 Å². The van der Waals surface area contributed by atoms with Crippen LogP contribution in [0.5, 0.6) is 17.5 Å². The van der Waals surface area contributed by atoms with Crippen LogP contribution in [-0.4, -0.2) is 63.6 Å². The van der Waals surface area contributed by atoms with E-state index in [1.54, 1.807) is 31.1 Å². The molecule has 0 aliphatic carbocycles. The normalized spacial score (nSPS) is 14.2. The van der Waals surface area contributed by atoms with Gasteiger partial charge in [-0.2, -0.15) is 4.98 Å². The number of benzene rings is 2. The summed E-state index contributed by atoms with van der Waals surface area (Å²) in [6.07, 6.45) is 6.58. The zero-order valence-electron chi connectivity index (χ0n) is 29.2. The molecule has 1 aliphatic rings. The Morgan fingerprint density at radius 1 is 0.918 bits per heavy atom. The maximum Gasteiger partial charge on any atom is 0.336 e. The largest absolute Gasteiger partial charge is 0.497 e. The molecule has 1 unspecified atom stereocenters. The van der Waals surface area contributed by atoms with Gasteiger partial charge in [-0.3, -0.25) is 0 Å². The van der Waals surface area contributed by atoms with Gasteiger partial charge < -0.3 is 29.1 Å². The molecule has 0 amide bonds. The monoisotopic (exact) mass is 665 g/mol. The number of aliphatic hydroxyl groups excluding tert-OH is 1. The van der Waals surface area contributed by atoms with E-state index < -0.39 is 6.10 Å². The van der Waals surface area contributed by atoms with E-state index in [1.165, 1.54) is 0 Å². The number of hydrogen-bond acceptors (Lipinski definition) is 10. The van der Waals surface area contributed by atoms with E-state index in [0.717, 1.165) is 78.7 Å². The lowest BCUT2D eigenvalue weighted by atomic mass is 9.98. The number of piperidine rings is 1. The number of aromatic nitrogens is 5. The van der Waals surface area contributed by atoms with Crippen LogP contribution in [-0.2, 0) is 13.1 Å². The Labute approximate surface area is 288 Å². The van der Waals surface area contributed by atoms with Gasteiger partial charge in [0.1, 0.15) is 23.4 Å². The van der Waals surface area contributed by atoms with Crippen LogP contribution in [0.1, 0.15) is 73.6 Å². The number of ether oxygens (including phenoxy) is 3. The molecular weight excluding hydrogens is 618 g/mol. The van der Waals surface area contributed by atoms with Gasteiger partial charge in [0.2, 0.25) is 0 Å². The van der Waals surface area contributed by atoms with E-state index in [0.29, 0.717) is 42.4 Å². The van der Waals surface area contributed by atoms with Gasteiger partial charge in [0.25, 0.3) is 0 Å². The molecule has 0 radical (unpaired) electrons. The van der Waals surface area contributed by atoms with Crippen molar-refractivity contribution in [2.45, 2.75) is 65.6 Å². The van der Waals surface area contributed by atoms with Gasteiger partial charge in [-0.15, -0.1) is 5.10 Å². The molecule has 1 fully saturated rings. The van der Waals surface area contributed by atoms with E-state index in [9.17, 15) is 5.11 Å². The molecule has 1 aliphatic heterocycles. The van der Waals surface area contributed by atoms with E-state index >= 15 is 0 Å². The predicted molar refractivity (Wildman–Crippen MR) is 191 cm³/mol. The number of methoxy groups -OCH3 is 2. The average Bonchev–Trinajstić information content (AvgIpc) is 3.56. The Bertz CT molecular complexity index is 1770. The number of hydrogen-bond donors (Lipinski definition) is 1. The summed E-state index contributed by atoms with van der Waals surface area (Å²) in [7, 11) is 3.32. The summed E-state index contributed by atoms with van der Waals surface area (Å²) < 4.78 is 18.6. The number of imidazole rings is 1. The third-order valence-corrected chi connectivity index (χ3v) is 9.20. The quantitative estimate of drug-likeness (QED) is 0.131. The lowest BCUT2D eigenvalue weighted by Gasteiger charge is -2.32. The smallest absolute Gasteiger partial charge is 0.336 e. The van der Waals surface area contributed by atoms with E-state index in [1.807, 2.05) is 54.6 Å². The number of pyridine rings is 1. The standard InChI is InChI=1S/C38H47N7O4/c1-6-7-20-49-38-41-37(44(24-28-8-12-31(47-4)13-9-28)25-29-10-14-32(48-5)15-11-29)36-40-23-33(45(36)42-38)34(46)30-21-27(3)35(39-22-30)43-18-16-26(2)17-19-43/h8-15,21-23,26,34,46H,6-7,16-20,24-25H2,1-5H3. The van der Waals surface area contributed by atoms with Crippen molar-refractivity contribution in [3.05, 3.63) is 94.9 Å². The lowest BCUT2D eigenvalue weighted by molar-refractivity contribution is 0.211. The molecule has 0 bridgehead atoms. The third kappa shape index (κ3) is 7.88. The number of anilines is 2. The third-order valence-electron chi connectivity index (χ3n) is 9.20. The molecule has 1 saturated heterocycles. The molecule has 258 valence electrons. The number of fused-ring (bicyclic) bond motifs is 1. The van der Waals surface area contributed by atoms with Gasteiger partial charge >= 0.3 is 6.01 Å². The van der Waals surface area contributed by atoms with Gasteiger partial charge in [-0.1, -0.05) is 44.5 Å². The first-order valence-electron chi connectivity index (χ1n) is 17.2. The molecule has 2 aromatic carbocycles. The van der Waals surface area contributed by atoms with Crippen LogP contribution in [0.15, 0.2) is 67.0 Å². The summed E-state index contributed by atoms with van der Waals surface area (Å²) in [6, 6.07) is 18.2. The van der Waals surface area contributed by atoms with Crippen LogP contribution in [0.2, 0.25) is 0 Å². The van der Waals surface area contributed by atoms with E-state index in [-0.39, 0.29) is 6.01 Å². The fourth-order valence-electron chi connectivity index (χ4n) is 6.20. The Kier molecular flexibility index (Phi) is 10.8. The topological polar surface area (TPSA) is 110 Å². The van der Waals surface area contributed by atoms with Crippen LogP contribution in [0.3, 0.4) is 0 Å². The van der Waals surface area contributed by atoms with E-state index in [4.69, 9.17) is 34.3 Å². The van der Waals surface area contributed by atoms with Crippen LogP contribution in [0.25, 0.3) is 5.65 Å². The molecule has 6 rings (SSSR count). The van der Waals surface area contributed by atoms with Gasteiger partial charge in [0.05, 0.1) is 32.7 Å². The second-order valence-corrected chi connectivity index (χ2v) is 12.9. The average molecular weight is 666 g/mol. The number of nitrogens with zero attached hydrogens (tertiary/aromatic N) is 7. The predicted octanol–water partition coefficient (Wildman–Crippen LogP) is 6.55. The zero-order chi connectivity index (χ0) is 34.3. The molecule has 49 heavy (non-hydrogen) atoms. The van der Waals surface area contributed by atoms with Crippen molar-refractivity contribution < 1.29 is 19.3 Å². The molecule has 3 aromatic heterocycles. The maximum atomic E-state index is 11.8. The summed E-state index contributed by atoms with van der Waals surface area (Å²) in [5.41, 5.74) is 4.86. The van der Waals surface area contributed by atoms with Crippen molar-refractivity contribution in [3.8, 4) is 17.5 Å². The summed E-state index contributed by atoms with van der Waals surface area (Å²) >= 11 is 0. The SMILES string of the molecule is CCCCOc1nc(N(Cc2ccc(OC)cc2)Cc2ccc(OC)cc2)c2ncc(C(O)c3cnc(N4CCC(C)CC4)c(C)c3)n2n1. The van der Waals surface area contributed by atoms with Gasteiger partial charge in [0.15, 0.2) is 11.5 Å². The van der Waals surface area contributed by atoms with Gasteiger partial charge in [-0.05, 0) is 79.1 Å². The molecule has 0 spiro atoms. The fraction of sp³-hybridized carbons (Fsp3) is 0.421.